The van der Waals surface area contributed by atoms with E-state index in [0.29, 0.717) is 6.54 Å². The van der Waals surface area contributed by atoms with Crippen molar-refractivity contribution in [1.82, 2.24) is 15.1 Å². The molecule has 1 aromatic rings. The summed E-state index contributed by atoms with van der Waals surface area (Å²) >= 11 is 0. The summed E-state index contributed by atoms with van der Waals surface area (Å²) in [6, 6.07) is 4.62. The Balaban J connectivity index is 1.81. The zero-order valence-corrected chi connectivity index (χ0v) is 15.5. The molecule has 1 N–H and O–H groups in total. The number of nitrogens with zero attached hydrogens (tertiary/aromatic N) is 2. The van der Waals surface area contributed by atoms with E-state index in [4.69, 9.17) is 4.74 Å². The molecule has 1 aliphatic rings. The first-order valence-corrected chi connectivity index (χ1v) is 8.73. The number of benzene rings is 1. The molecular weight excluding hydrogens is 360 g/mol. The molecule has 2 amide bonds. The van der Waals surface area contributed by atoms with Crippen LogP contribution in [0, 0.1) is 0 Å². The fourth-order valence-corrected chi connectivity index (χ4v) is 2.92. The molecule has 0 spiro atoms. The third-order valence-corrected chi connectivity index (χ3v) is 4.21. The van der Waals surface area contributed by atoms with Crippen molar-refractivity contribution in [3.05, 3.63) is 23.8 Å². The first-order chi connectivity index (χ1) is 12.9. The van der Waals surface area contributed by atoms with Crippen molar-refractivity contribution >= 4 is 11.8 Å². The van der Waals surface area contributed by atoms with Crippen LogP contribution >= 0.6 is 0 Å². The highest BCUT2D eigenvalue weighted by Gasteiger charge is 2.18. The van der Waals surface area contributed by atoms with Crippen LogP contribution in [-0.2, 0) is 16.1 Å². The molecular formula is C18H25F2N3O4. The molecule has 1 aliphatic heterocycles. The Morgan fingerprint density at radius 2 is 1.96 bits per heavy atom. The van der Waals surface area contributed by atoms with Gasteiger partial charge in [-0.3, -0.25) is 14.5 Å². The minimum atomic E-state index is -2.93. The van der Waals surface area contributed by atoms with Gasteiger partial charge in [0.1, 0.15) is 0 Å². The smallest absolute Gasteiger partial charge is 0.387 e. The molecule has 150 valence electrons. The van der Waals surface area contributed by atoms with Gasteiger partial charge in [-0.15, -0.1) is 0 Å². The lowest BCUT2D eigenvalue weighted by atomic mass is 10.2. The first-order valence-electron chi connectivity index (χ1n) is 8.73. The number of hydrogen-bond acceptors (Lipinski definition) is 5. The van der Waals surface area contributed by atoms with Gasteiger partial charge in [-0.2, -0.15) is 8.78 Å². The molecule has 1 aromatic carbocycles. The maximum atomic E-state index is 12.4. The molecule has 0 aromatic heterocycles. The fraction of sp³-hybridized carbons (Fsp3) is 0.556. The molecule has 0 bridgehead atoms. The third kappa shape index (κ3) is 6.67. The summed E-state index contributed by atoms with van der Waals surface area (Å²) in [6.45, 7) is -0.924. The summed E-state index contributed by atoms with van der Waals surface area (Å²) in [5, 5.41) is 2.63. The van der Waals surface area contributed by atoms with E-state index >= 15 is 0 Å². The molecule has 1 heterocycles. The Morgan fingerprint density at radius 3 is 2.59 bits per heavy atom. The van der Waals surface area contributed by atoms with Crippen LogP contribution in [0.5, 0.6) is 11.5 Å². The predicted molar refractivity (Wildman–Crippen MR) is 94.8 cm³/mol. The first kappa shape index (κ1) is 20.9. The highest BCUT2D eigenvalue weighted by molar-refractivity contribution is 5.85. The number of likely N-dealkylation sites (N-methyl/N-ethyl adjacent to an activating group) is 1. The number of alkyl halides is 2. The van der Waals surface area contributed by atoms with Crippen molar-refractivity contribution in [2.24, 2.45) is 0 Å². The van der Waals surface area contributed by atoms with Crippen molar-refractivity contribution < 1.29 is 27.8 Å². The number of carbonyl (C=O) groups is 2. The van der Waals surface area contributed by atoms with E-state index in [9.17, 15) is 18.4 Å². The molecule has 1 fully saturated rings. The summed E-state index contributed by atoms with van der Waals surface area (Å²) in [5.41, 5.74) is 0.775. The Hall–Kier alpha value is -2.42. The van der Waals surface area contributed by atoms with Crippen LogP contribution in [0.3, 0.4) is 0 Å². The van der Waals surface area contributed by atoms with Gasteiger partial charge in [0, 0.05) is 19.6 Å². The van der Waals surface area contributed by atoms with Crippen LogP contribution in [0.25, 0.3) is 0 Å². The number of hydrogen-bond donors (Lipinski definition) is 1. The van der Waals surface area contributed by atoms with Crippen LogP contribution in [-0.4, -0.2) is 68.6 Å². The van der Waals surface area contributed by atoms with Gasteiger partial charge in [-0.05, 0) is 37.6 Å². The van der Waals surface area contributed by atoms with E-state index in [2.05, 4.69) is 10.1 Å². The number of methoxy groups -OCH3 is 1. The third-order valence-electron chi connectivity index (χ3n) is 4.21. The topological polar surface area (TPSA) is 71.1 Å². The maximum absolute atomic E-state index is 12.4. The second-order valence-electron chi connectivity index (χ2n) is 6.40. The lowest BCUT2D eigenvalue weighted by molar-refractivity contribution is -0.132. The van der Waals surface area contributed by atoms with Gasteiger partial charge in [0.15, 0.2) is 11.5 Å². The second kappa shape index (κ2) is 10.1. The van der Waals surface area contributed by atoms with E-state index in [-0.39, 0.29) is 36.4 Å². The standard InChI is InChI=1S/C18H25F2N3O4/c1-22(12-16(24)21-10-17(25)23-7-3-4-8-23)11-13-5-6-14(27-18(19)20)15(9-13)26-2/h5-6,9,18H,3-4,7-8,10-12H2,1-2H3,(H,21,24). The van der Waals surface area contributed by atoms with E-state index < -0.39 is 6.61 Å². The van der Waals surface area contributed by atoms with Gasteiger partial charge in [0.2, 0.25) is 11.8 Å². The van der Waals surface area contributed by atoms with E-state index in [1.807, 2.05) is 0 Å². The average molecular weight is 385 g/mol. The number of rotatable bonds is 9. The number of carbonyl (C=O) groups excluding carboxylic acids is 2. The normalized spacial score (nSPS) is 13.9. The lowest BCUT2D eigenvalue weighted by Crippen LogP contribution is -2.42. The summed E-state index contributed by atoms with van der Waals surface area (Å²) in [7, 11) is 3.11. The molecule has 0 saturated carbocycles. The van der Waals surface area contributed by atoms with Crippen molar-refractivity contribution in [2.75, 3.05) is 40.3 Å². The van der Waals surface area contributed by atoms with Crippen molar-refractivity contribution in [3.63, 3.8) is 0 Å². The number of ether oxygens (including phenoxy) is 2. The van der Waals surface area contributed by atoms with Gasteiger partial charge in [-0.25, -0.2) is 0 Å². The number of amides is 2. The average Bonchev–Trinajstić information content (AvgIpc) is 3.15. The lowest BCUT2D eigenvalue weighted by Gasteiger charge is -2.19. The highest BCUT2D eigenvalue weighted by atomic mass is 19.3. The Bertz CT molecular complexity index is 651. The monoisotopic (exact) mass is 385 g/mol. The molecule has 27 heavy (non-hydrogen) atoms. The fourth-order valence-electron chi connectivity index (χ4n) is 2.92. The minimum absolute atomic E-state index is 0.000159. The zero-order valence-electron chi connectivity index (χ0n) is 15.5. The van der Waals surface area contributed by atoms with Gasteiger partial charge >= 0.3 is 6.61 Å². The molecule has 0 aliphatic carbocycles. The maximum Gasteiger partial charge on any atom is 0.387 e. The van der Waals surface area contributed by atoms with Gasteiger partial charge in [-0.1, -0.05) is 6.07 Å². The number of nitrogens with one attached hydrogen (secondary N) is 1. The van der Waals surface area contributed by atoms with Gasteiger partial charge in [0.25, 0.3) is 0 Å². The van der Waals surface area contributed by atoms with Crippen LogP contribution in [0.4, 0.5) is 8.78 Å². The second-order valence-corrected chi connectivity index (χ2v) is 6.40. The van der Waals surface area contributed by atoms with Crippen LogP contribution in [0.2, 0.25) is 0 Å². The number of halogens is 2. The van der Waals surface area contributed by atoms with Gasteiger partial charge < -0.3 is 19.7 Å². The SMILES string of the molecule is COc1cc(CN(C)CC(=O)NCC(=O)N2CCCC2)ccc1OC(F)F. The summed E-state index contributed by atoms with van der Waals surface area (Å²) in [4.78, 5) is 27.4. The van der Waals surface area contributed by atoms with Crippen LogP contribution in [0.1, 0.15) is 18.4 Å². The van der Waals surface area contributed by atoms with Crippen LogP contribution in [0.15, 0.2) is 18.2 Å². The van der Waals surface area contributed by atoms with E-state index in [1.165, 1.54) is 13.2 Å². The Kier molecular flexibility index (Phi) is 7.78. The molecule has 9 heteroatoms. The minimum Gasteiger partial charge on any atom is -0.493 e. The van der Waals surface area contributed by atoms with E-state index in [1.54, 1.807) is 29.0 Å². The number of likely N-dealkylation sites (tertiary alicyclic amines) is 1. The van der Waals surface area contributed by atoms with Crippen molar-refractivity contribution in [2.45, 2.75) is 26.0 Å². The molecule has 0 atom stereocenters. The predicted octanol–water partition coefficient (Wildman–Crippen LogP) is 1.47. The van der Waals surface area contributed by atoms with Crippen molar-refractivity contribution in [1.29, 1.82) is 0 Å². The largest absolute Gasteiger partial charge is 0.493 e. The van der Waals surface area contributed by atoms with E-state index in [0.717, 1.165) is 31.5 Å². The molecule has 0 unspecified atom stereocenters. The molecule has 1 saturated heterocycles. The van der Waals surface area contributed by atoms with Crippen molar-refractivity contribution in [3.8, 4) is 11.5 Å². The summed E-state index contributed by atoms with van der Waals surface area (Å²) in [5.74, 6) is -0.170. The Labute approximate surface area is 157 Å². The highest BCUT2D eigenvalue weighted by Crippen LogP contribution is 2.29. The summed E-state index contributed by atoms with van der Waals surface area (Å²) < 4.78 is 34.2. The molecule has 7 nitrogen and oxygen atoms in total. The van der Waals surface area contributed by atoms with Crippen LogP contribution < -0.4 is 14.8 Å². The zero-order chi connectivity index (χ0) is 19.8. The molecule has 2 rings (SSSR count). The van der Waals surface area contributed by atoms with Gasteiger partial charge in [0.05, 0.1) is 20.2 Å². The Morgan fingerprint density at radius 1 is 1.26 bits per heavy atom. The quantitative estimate of drug-likeness (QED) is 0.697. The summed E-state index contributed by atoms with van der Waals surface area (Å²) in [6.07, 6.45) is 2.01. The molecule has 0 radical (unpaired) electrons.